The maximum atomic E-state index is 13.8. The lowest BCUT2D eigenvalue weighted by Crippen LogP contribution is -2.69. The predicted molar refractivity (Wildman–Crippen MR) is 165 cm³/mol. The van der Waals surface area contributed by atoms with E-state index < -0.39 is 35.1 Å². The molecule has 9 nitrogen and oxygen atoms in total. The molecule has 1 aliphatic rings. The zero-order valence-corrected chi connectivity index (χ0v) is 24.1. The molecule has 4 aromatic rings. The van der Waals surface area contributed by atoms with Crippen molar-refractivity contribution < 1.29 is 29.0 Å². The SMILES string of the molecule is O=C(C[C@H](NC1(CNC(=O)OCc2ccccc2)COC1)C(=O)O)NC(c1ccccc1)(c1ccccc1)c1ccccc1. The summed E-state index contributed by atoms with van der Waals surface area (Å²) in [4.78, 5) is 38.6. The second-order valence-electron chi connectivity index (χ2n) is 10.8. The van der Waals surface area contributed by atoms with E-state index in [0.717, 1.165) is 22.3 Å². The fourth-order valence-electron chi connectivity index (χ4n) is 5.40. The van der Waals surface area contributed by atoms with Gasteiger partial charge in [-0.05, 0) is 22.3 Å². The quantitative estimate of drug-likeness (QED) is 0.171. The molecule has 44 heavy (non-hydrogen) atoms. The van der Waals surface area contributed by atoms with Crippen LogP contribution in [0.5, 0.6) is 0 Å². The number of carboxylic acids is 1. The van der Waals surface area contributed by atoms with Crippen LogP contribution in [0.4, 0.5) is 4.79 Å². The summed E-state index contributed by atoms with van der Waals surface area (Å²) >= 11 is 0. The van der Waals surface area contributed by atoms with Crippen LogP contribution in [0.15, 0.2) is 121 Å². The number of benzene rings is 4. The molecule has 0 unspecified atom stereocenters. The van der Waals surface area contributed by atoms with Gasteiger partial charge in [-0.3, -0.25) is 14.9 Å². The number of ether oxygens (including phenoxy) is 2. The van der Waals surface area contributed by atoms with Crippen LogP contribution in [0, 0.1) is 0 Å². The first-order chi connectivity index (χ1) is 21.4. The van der Waals surface area contributed by atoms with Crippen molar-refractivity contribution in [3.8, 4) is 0 Å². The van der Waals surface area contributed by atoms with Crippen LogP contribution in [0.1, 0.15) is 28.7 Å². The normalized spacial score (nSPS) is 14.5. The number of hydrogen-bond acceptors (Lipinski definition) is 6. The number of carbonyl (C=O) groups excluding carboxylic acids is 2. The number of nitrogens with one attached hydrogen (secondary N) is 3. The van der Waals surface area contributed by atoms with Crippen LogP contribution in [0.25, 0.3) is 0 Å². The number of hydrogen-bond donors (Lipinski definition) is 4. The van der Waals surface area contributed by atoms with Gasteiger partial charge in [-0.2, -0.15) is 0 Å². The largest absolute Gasteiger partial charge is 0.480 e. The molecule has 0 spiro atoms. The summed E-state index contributed by atoms with van der Waals surface area (Å²) in [5.41, 5.74) is 1.38. The Morgan fingerprint density at radius 3 is 1.68 bits per heavy atom. The van der Waals surface area contributed by atoms with Crippen LogP contribution in [0.3, 0.4) is 0 Å². The van der Waals surface area contributed by atoms with Gasteiger partial charge in [-0.1, -0.05) is 121 Å². The molecule has 1 heterocycles. The third-order valence-electron chi connectivity index (χ3n) is 7.66. The molecule has 1 fully saturated rings. The monoisotopic (exact) mass is 593 g/mol. The minimum atomic E-state index is -1.25. The number of carbonyl (C=O) groups is 3. The van der Waals surface area contributed by atoms with Gasteiger partial charge >= 0.3 is 12.1 Å². The Kier molecular flexibility index (Phi) is 9.69. The van der Waals surface area contributed by atoms with Gasteiger partial charge in [0.2, 0.25) is 5.91 Å². The Balaban J connectivity index is 1.32. The molecule has 0 aliphatic carbocycles. The van der Waals surface area contributed by atoms with Crippen molar-refractivity contribution in [2.24, 2.45) is 0 Å². The molecule has 0 radical (unpaired) electrons. The summed E-state index contributed by atoms with van der Waals surface area (Å²) in [7, 11) is 0. The molecule has 1 atom stereocenters. The Morgan fingerprint density at radius 1 is 0.773 bits per heavy atom. The first kappa shape index (κ1) is 30.5. The molecule has 0 aromatic heterocycles. The van der Waals surface area contributed by atoms with Crippen molar-refractivity contribution in [3.05, 3.63) is 144 Å². The van der Waals surface area contributed by atoms with E-state index in [-0.39, 0.29) is 32.8 Å². The summed E-state index contributed by atoms with van der Waals surface area (Å²) in [5.74, 6) is -1.66. The first-order valence-electron chi connectivity index (χ1n) is 14.4. The smallest absolute Gasteiger partial charge is 0.407 e. The minimum Gasteiger partial charge on any atom is -0.480 e. The molecule has 4 N–H and O–H groups in total. The third-order valence-corrected chi connectivity index (χ3v) is 7.66. The average molecular weight is 594 g/mol. The molecule has 2 amide bonds. The first-order valence-corrected chi connectivity index (χ1v) is 14.4. The highest BCUT2D eigenvalue weighted by Crippen LogP contribution is 2.37. The highest BCUT2D eigenvalue weighted by atomic mass is 16.5. The van der Waals surface area contributed by atoms with Crippen molar-refractivity contribution in [3.63, 3.8) is 0 Å². The van der Waals surface area contributed by atoms with Crippen LogP contribution < -0.4 is 16.0 Å². The van der Waals surface area contributed by atoms with Crippen molar-refractivity contribution in [1.82, 2.24) is 16.0 Å². The van der Waals surface area contributed by atoms with Crippen molar-refractivity contribution in [2.45, 2.75) is 30.1 Å². The molecular formula is C35H35N3O6. The summed E-state index contributed by atoms with van der Waals surface area (Å²) in [5, 5.41) is 19.1. The topological polar surface area (TPSA) is 126 Å². The minimum absolute atomic E-state index is 0.0635. The molecule has 226 valence electrons. The number of carboxylic acid groups (broad SMARTS) is 1. The van der Waals surface area contributed by atoms with Crippen molar-refractivity contribution in [2.75, 3.05) is 19.8 Å². The lowest BCUT2D eigenvalue weighted by atomic mass is 9.77. The summed E-state index contributed by atoms with van der Waals surface area (Å²) in [6.45, 7) is 0.500. The van der Waals surface area contributed by atoms with E-state index in [1.165, 1.54) is 0 Å². The van der Waals surface area contributed by atoms with E-state index in [2.05, 4.69) is 16.0 Å². The number of aliphatic carboxylic acids is 1. The zero-order chi connectivity index (χ0) is 30.8. The molecule has 9 heteroatoms. The highest BCUT2D eigenvalue weighted by Gasteiger charge is 2.44. The fourth-order valence-corrected chi connectivity index (χ4v) is 5.40. The maximum absolute atomic E-state index is 13.8. The van der Waals surface area contributed by atoms with Gasteiger partial charge in [0.15, 0.2) is 0 Å². The average Bonchev–Trinajstić information content (AvgIpc) is 3.05. The second kappa shape index (κ2) is 14.0. The van der Waals surface area contributed by atoms with Crippen molar-refractivity contribution >= 4 is 18.0 Å². The lowest BCUT2D eigenvalue weighted by Gasteiger charge is -2.44. The van der Waals surface area contributed by atoms with Gasteiger partial charge in [0.1, 0.15) is 18.2 Å². The molecule has 4 aromatic carbocycles. The van der Waals surface area contributed by atoms with Gasteiger partial charge in [0, 0.05) is 6.54 Å². The van der Waals surface area contributed by atoms with Crippen LogP contribution in [0.2, 0.25) is 0 Å². The molecular weight excluding hydrogens is 558 g/mol. The van der Waals surface area contributed by atoms with E-state index in [1.54, 1.807) is 0 Å². The summed E-state index contributed by atoms with van der Waals surface area (Å²) < 4.78 is 10.7. The van der Waals surface area contributed by atoms with Crippen molar-refractivity contribution in [1.29, 1.82) is 0 Å². The van der Waals surface area contributed by atoms with E-state index in [1.807, 2.05) is 121 Å². The van der Waals surface area contributed by atoms with Crippen LogP contribution >= 0.6 is 0 Å². The van der Waals surface area contributed by atoms with E-state index in [4.69, 9.17) is 9.47 Å². The Labute approximate surface area is 256 Å². The number of amides is 2. The van der Waals surface area contributed by atoms with Gasteiger partial charge < -0.3 is 25.2 Å². The number of alkyl carbamates (subject to hydrolysis) is 1. The second-order valence-corrected chi connectivity index (χ2v) is 10.8. The fraction of sp³-hybridized carbons (Fsp3) is 0.229. The molecule has 1 aliphatic heterocycles. The van der Waals surface area contributed by atoms with Gasteiger partial charge in [0.25, 0.3) is 0 Å². The standard InChI is InChI=1S/C35H35N3O6/c39-31(38-35(27-15-7-2-8-16-27,28-17-9-3-10-18-28)29-19-11-4-12-20-29)21-30(32(40)41)37-34(24-43-25-34)23-36-33(42)44-22-26-13-5-1-6-14-26/h1-20,30,37H,21-25H2,(H,36,42)(H,38,39)(H,40,41)/t30-/m0/s1. The lowest BCUT2D eigenvalue weighted by molar-refractivity contribution is -0.145. The highest BCUT2D eigenvalue weighted by molar-refractivity contribution is 5.86. The molecule has 0 saturated carbocycles. The zero-order valence-electron chi connectivity index (χ0n) is 24.1. The van der Waals surface area contributed by atoms with Gasteiger partial charge in [-0.15, -0.1) is 0 Å². The van der Waals surface area contributed by atoms with Crippen LogP contribution in [-0.4, -0.2) is 54.4 Å². The Morgan fingerprint density at radius 2 is 1.25 bits per heavy atom. The predicted octanol–water partition coefficient (Wildman–Crippen LogP) is 4.22. The van der Waals surface area contributed by atoms with E-state index in [9.17, 15) is 19.5 Å². The van der Waals surface area contributed by atoms with E-state index >= 15 is 0 Å². The number of rotatable bonds is 13. The van der Waals surface area contributed by atoms with Gasteiger partial charge in [0.05, 0.1) is 25.2 Å². The molecule has 5 rings (SSSR count). The maximum Gasteiger partial charge on any atom is 0.407 e. The third kappa shape index (κ3) is 7.14. The van der Waals surface area contributed by atoms with Gasteiger partial charge in [-0.25, -0.2) is 4.79 Å². The van der Waals surface area contributed by atoms with E-state index in [0.29, 0.717) is 0 Å². The summed E-state index contributed by atoms with van der Waals surface area (Å²) in [6.07, 6.45) is -0.992. The molecule has 1 saturated heterocycles. The van der Waals surface area contributed by atoms with Crippen LogP contribution in [-0.2, 0) is 31.2 Å². The Hall–Kier alpha value is -4.99. The summed E-state index contributed by atoms with van der Waals surface area (Å²) in [6, 6.07) is 36.8. The molecule has 0 bridgehead atoms. The Bertz CT molecular complexity index is 1430.